The smallest absolute Gasteiger partial charge is 0.123 e. The molecule has 1 unspecified atom stereocenters. The lowest BCUT2D eigenvalue weighted by atomic mass is 9.84. The Morgan fingerprint density at radius 1 is 1.19 bits per heavy atom. The van der Waals surface area contributed by atoms with Crippen LogP contribution in [0.25, 0.3) is 0 Å². The van der Waals surface area contributed by atoms with E-state index in [2.05, 4.69) is 12.2 Å². The summed E-state index contributed by atoms with van der Waals surface area (Å²) in [6, 6.07) is 6.56. The molecule has 0 saturated carbocycles. The Bertz CT molecular complexity index is 390. The molecule has 0 aromatic heterocycles. The molecule has 3 rings (SSSR count). The number of aryl methyl sites for hydroxylation is 1. The third-order valence-corrected chi connectivity index (χ3v) is 4.15. The van der Waals surface area contributed by atoms with Crippen molar-refractivity contribution in [1.82, 2.24) is 5.32 Å². The molecule has 0 amide bonds. The summed E-state index contributed by atoms with van der Waals surface area (Å²) in [5.74, 6) is 0.473. The predicted octanol–water partition coefficient (Wildman–Crippen LogP) is 3.13. The van der Waals surface area contributed by atoms with Gasteiger partial charge in [-0.1, -0.05) is 6.07 Å². The first kappa shape index (κ1) is 10.3. The van der Waals surface area contributed by atoms with Gasteiger partial charge in [0.1, 0.15) is 5.82 Å². The van der Waals surface area contributed by atoms with Gasteiger partial charge in [0.2, 0.25) is 0 Å². The molecule has 2 bridgehead atoms. The van der Waals surface area contributed by atoms with E-state index in [1.165, 1.54) is 36.8 Å². The molecule has 1 nitrogen and oxygen atoms in total. The number of hydrogen-bond donors (Lipinski definition) is 1. The fourth-order valence-electron chi connectivity index (χ4n) is 3.36. The Balaban J connectivity index is 1.89. The quantitative estimate of drug-likeness (QED) is 0.765. The molecule has 2 fully saturated rings. The second-order valence-electron chi connectivity index (χ2n) is 5.31. The highest BCUT2D eigenvalue weighted by atomic mass is 19.1. The van der Waals surface area contributed by atoms with Gasteiger partial charge in [-0.15, -0.1) is 0 Å². The monoisotopic (exact) mass is 219 g/mol. The van der Waals surface area contributed by atoms with Gasteiger partial charge in [0.25, 0.3) is 0 Å². The third kappa shape index (κ3) is 1.75. The summed E-state index contributed by atoms with van der Waals surface area (Å²) in [6.07, 6.45) is 4.96. The second kappa shape index (κ2) is 3.85. The van der Waals surface area contributed by atoms with E-state index < -0.39 is 0 Å². The van der Waals surface area contributed by atoms with Crippen LogP contribution in [-0.2, 0) is 0 Å². The number of piperidine rings is 1. The average Bonchev–Trinajstić information content (AvgIpc) is 2.61. The molecule has 2 heteroatoms. The van der Waals surface area contributed by atoms with Gasteiger partial charge in [-0.05, 0) is 61.8 Å². The lowest BCUT2D eigenvalue weighted by molar-refractivity contribution is 0.362. The van der Waals surface area contributed by atoms with Crippen molar-refractivity contribution < 1.29 is 4.39 Å². The van der Waals surface area contributed by atoms with E-state index >= 15 is 0 Å². The van der Waals surface area contributed by atoms with Crippen LogP contribution in [0.15, 0.2) is 18.2 Å². The highest BCUT2D eigenvalue weighted by Crippen LogP contribution is 2.38. The summed E-state index contributed by atoms with van der Waals surface area (Å²) in [4.78, 5) is 0. The Morgan fingerprint density at radius 2 is 1.88 bits per heavy atom. The first-order valence-electron chi connectivity index (χ1n) is 6.24. The van der Waals surface area contributed by atoms with Gasteiger partial charge in [-0.25, -0.2) is 4.39 Å². The van der Waals surface area contributed by atoms with E-state index in [-0.39, 0.29) is 5.82 Å². The SMILES string of the molecule is Cc1ccc(F)cc1C1C[C@H]2CC[C@@H](C1)N2. The standard InChI is InChI=1S/C14H18FN/c1-9-2-3-11(15)8-14(9)10-6-12-4-5-13(7-10)16-12/h2-3,8,10,12-13,16H,4-7H2,1H3/t10?,12-,13+. The van der Waals surface area contributed by atoms with Crippen molar-refractivity contribution in [3.05, 3.63) is 35.1 Å². The van der Waals surface area contributed by atoms with E-state index in [1.54, 1.807) is 12.1 Å². The molecule has 3 atom stereocenters. The number of hydrogen-bond acceptors (Lipinski definition) is 1. The van der Waals surface area contributed by atoms with Crippen molar-refractivity contribution >= 4 is 0 Å². The summed E-state index contributed by atoms with van der Waals surface area (Å²) in [5.41, 5.74) is 2.48. The topological polar surface area (TPSA) is 12.0 Å². The summed E-state index contributed by atoms with van der Waals surface area (Å²) in [7, 11) is 0. The first-order chi connectivity index (χ1) is 7.72. The van der Waals surface area contributed by atoms with Gasteiger partial charge in [0.05, 0.1) is 0 Å². The molecular formula is C14H18FN. The van der Waals surface area contributed by atoms with Crippen LogP contribution in [0, 0.1) is 12.7 Å². The fourth-order valence-corrected chi connectivity index (χ4v) is 3.36. The minimum atomic E-state index is -0.0912. The van der Waals surface area contributed by atoms with Gasteiger partial charge in [0.15, 0.2) is 0 Å². The van der Waals surface area contributed by atoms with Crippen LogP contribution in [0.2, 0.25) is 0 Å². The maximum Gasteiger partial charge on any atom is 0.123 e. The molecule has 86 valence electrons. The van der Waals surface area contributed by atoms with Crippen LogP contribution in [0.3, 0.4) is 0 Å². The maximum absolute atomic E-state index is 13.3. The van der Waals surface area contributed by atoms with Crippen LogP contribution >= 0.6 is 0 Å². The van der Waals surface area contributed by atoms with E-state index in [4.69, 9.17) is 0 Å². The summed E-state index contributed by atoms with van der Waals surface area (Å²) in [6.45, 7) is 2.10. The van der Waals surface area contributed by atoms with Gasteiger partial charge >= 0.3 is 0 Å². The largest absolute Gasteiger partial charge is 0.311 e. The molecule has 2 heterocycles. The van der Waals surface area contributed by atoms with Crippen LogP contribution < -0.4 is 5.32 Å². The zero-order valence-electron chi connectivity index (χ0n) is 9.67. The Kier molecular flexibility index (Phi) is 2.47. The molecule has 2 saturated heterocycles. The van der Waals surface area contributed by atoms with E-state index in [1.807, 2.05) is 6.07 Å². The zero-order valence-corrected chi connectivity index (χ0v) is 9.67. The number of fused-ring (bicyclic) bond motifs is 2. The van der Waals surface area contributed by atoms with Crippen molar-refractivity contribution in [3.8, 4) is 0 Å². The summed E-state index contributed by atoms with van der Waals surface area (Å²) >= 11 is 0. The van der Waals surface area contributed by atoms with Gasteiger partial charge < -0.3 is 5.32 Å². The fraction of sp³-hybridized carbons (Fsp3) is 0.571. The lowest BCUT2D eigenvalue weighted by Crippen LogP contribution is -2.37. The van der Waals surface area contributed by atoms with Crippen LogP contribution in [0.5, 0.6) is 0 Å². The molecule has 1 aromatic rings. The highest BCUT2D eigenvalue weighted by molar-refractivity contribution is 5.31. The minimum Gasteiger partial charge on any atom is -0.311 e. The number of benzene rings is 1. The van der Waals surface area contributed by atoms with Crippen molar-refractivity contribution in [3.63, 3.8) is 0 Å². The molecule has 2 aliphatic rings. The van der Waals surface area contributed by atoms with E-state index in [0.717, 1.165) is 0 Å². The molecule has 2 aliphatic heterocycles. The van der Waals surface area contributed by atoms with Crippen LogP contribution in [0.1, 0.15) is 42.7 Å². The van der Waals surface area contributed by atoms with Crippen LogP contribution in [-0.4, -0.2) is 12.1 Å². The molecule has 0 aliphatic carbocycles. The molecular weight excluding hydrogens is 201 g/mol. The minimum absolute atomic E-state index is 0.0912. The van der Waals surface area contributed by atoms with Crippen molar-refractivity contribution in [2.75, 3.05) is 0 Å². The normalized spacial score (nSPS) is 33.0. The molecule has 1 aromatic carbocycles. The van der Waals surface area contributed by atoms with E-state index in [0.29, 0.717) is 18.0 Å². The number of halogens is 1. The molecule has 16 heavy (non-hydrogen) atoms. The molecule has 0 radical (unpaired) electrons. The van der Waals surface area contributed by atoms with Crippen molar-refractivity contribution in [2.45, 2.75) is 50.6 Å². The van der Waals surface area contributed by atoms with Crippen molar-refractivity contribution in [2.24, 2.45) is 0 Å². The number of rotatable bonds is 1. The summed E-state index contributed by atoms with van der Waals surface area (Å²) < 4.78 is 13.3. The van der Waals surface area contributed by atoms with Gasteiger partial charge in [-0.2, -0.15) is 0 Å². The molecule has 0 spiro atoms. The Labute approximate surface area is 96.1 Å². The number of nitrogens with one attached hydrogen (secondary N) is 1. The zero-order chi connectivity index (χ0) is 11.1. The Hall–Kier alpha value is -0.890. The second-order valence-corrected chi connectivity index (χ2v) is 5.31. The molecule has 1 N–H and O–H groups in total. The van der Waals surface area contributed by atoms with E-state index in [9.17, 15) is 4.39 Å². The predicted molar refractivity (Wildman–Crippen MR) is 63.1 cm³/mol. The van der Waals surface area contributed by atoms with Crippen LogP contribution in [0.4, 0.5) is 4.39 Å². The third-order valence-electron chi connectivity index (χ3n) is 4.15. The Morgan fingerprint density at radius 3 is 2.56 bits per heavy atom. The summed E-state index contributed by atoms with van der Waals surface area (Å²) in [5, 5.41) is 3.63. The first-order valence-corrected chi connectivity index (χ1v) is 6.24. The maximum atomic E-state index is 13.3. The van der Waals surface area contributed by atoms with Gasteiger partial charge in [-0.3, -0.25) is 0 Å². The van der Waals surface area contributed by atoms with Crippen molar-refractivity contribution in [1.29, 1.82) is 0 Å². The van der Waals surface area contributed by atoms with Gasteiger partial charge in [0, 0.05) is 12.1 Å². The average molecular weight is 219 g/mol. The lowest BCUT2D eigenvalue weighted by Gasteiger charge is -2.30. The highest BCUT2D eigenvalue weighted by Gasteiger charge is 2.34.